The molecule has 8 heteroatoms. The number of aromatic nitrogens is 2. The van der Waals surface area contributed by atoms with Crippen LogP contribution in [-0.4, -0.2) is 22.6 Å². The molecule has 24 heavy (non-hydrogen) atoms. The molecule has 0 N–H and O–H groups in total. The maximum Gasteiger partial charge on any atom is 0.232 e. The number of carbonyl (C=O) groups is 1. The number of hydrogen-bond donors (Lipinski definition) is 0. The Kier molecular flexibility index (Phi) is 3.61. The minimum atomic E-state index is -0.985. The molecule has 122 valence electrons. The zero-order chi connectivity index (χ0) is 16.7. The number of thiophene rings is 1. The maximum absolute atomic E-state index is 13.4. The van der Waals surface area contributed by atoms with Gasteiger partial charge in [-0.25, -0.2) is 8.78 Å². The Morgan fingerprint density at radius 3 is 2.88 bits per heavy atom. The van der Waals surface area contributed by atoms with Crippen LogP contribution in [0.2, 0.25) is 0 Å². The number of halogens is 2. The van der Waals surface area contributed by atoms with Crippen LogP contribution in [-0.2, 0) is 4.79 Å². The molecular weight excluding hydrogens is 336 g/mol. The molecule has 1 fully saturated rings. The topological polar surface area (TPSA) is 59.2 Å². The first-order chi connectivity index (χ1) is 11.6. The first-order valence-corrected chi connectivity index (χ1v) is 8.12. The van der Waals surface area contributed by atoms with Crippen LogP contribution in [0.1, 0.15) is 18.2 Å². The van der Waals surface area contributed by atoms with Crippen molar-refractivity contribution >= 4 is 22.9 Å². The molecule has 3 aromatic rings. The Bertz CT molecular complexity index is 895. The Labute approximate surface area is 139 Å². The van der Waals surface area contributed by atoms with Gasteiger partial charge in [-0.1, -0.05) is 11.2 Å². The zero-order valence-electron chi connectivity index (χ0n) is 12.3. The fourth-order valence-electron chi connectivity index (χ4n) is 2.68. The van der Waals surface area contributed by atoms with Gasteiger partial charge in [-0.2, -0.15) is 4.98 Å². The van der Waals surface area contributed by atoms with Gasteiger partial charge in [0.05, 0.1) is 10.8 Å². The molecule has 1 unspecified atom stereocenters. The van der Waals surface area contributed by atoms with Crippen LogP contribution in [0.15, 0.2) is 40.2 Å². The van der Waals surface area contributed by atoms with E-state index in [1.165, 1.54) is 22.3 Å². The molecule has 0 bridgehead atoms. The summed E-state index contributed by atoms with van der Waals surface area (Å²) in [5.74, 6) is -1.54. The van der Waals surface area contributed by atoms with Crippen molar-refractivity contribution in [3.63, 3.8) is 0 Å². The third-order valence-electron chi connectivity index (χ3n) is 3.87. The van der Waals surface area contributed by atoms with Gasteiger partial charge >= 0.3 is 0 Å². The summed E-state index contributed by atoms with van der Waals surface area (Å²) >= 11 is 1.49. The molecule has 0 radical (unpaired) electrons. The number of nitrogens with zero attached hydrogens (tertiary/aromatic N) is 3. The van der Waals surface area contributed by atoms with E-state index >= 15 is 0 Å². The molecule has 0 aliphatic carbocycles. The fraction of sp³-hybridized carbons (Fsp3) is 0.188. The van der Waals surface area contributed by atoms with Crippen LogP contribution in [0.5, 0.6) is 0 Å². The summed E-state index contributed by atoms with van der Waals surface area (Å²) in [5, 5.41) is 5.85. The molecule has 4 rings (SSSR count). The van der Waals surface area contributed by atoms with E-state index < -0.39 is 11.6 Å². The van der Waals surface area contributed by atoms with Crippen LogP contribution >= 0.6 is 11.3 Å². The average Bonchev–Trinajstić information content (AvgIpc) is 3.28. The van der Waals surface area contributed by atoms with Crippen LogP contribution in [0.25, 0.3) is 10.7 Å². The second kappa shape index (κ2) is 5.79. The third-order valence-corrected chi connectivity index (χ3v) is 4.74. The Morgan fingerprint density at radius 2 is 2.12 bits per heavy atom. The van der Waals surface area contributed by atoms with E-state index in [0.717, 1.165) is 17.0 Å². The summed E-state index contributed by atoms with van der Waals surface area (Å²) in [6.45, 7) is 0.288. The highest BCUT2D eigenvalue weighted by atomic mass is 32.1. The van der Waals surface area contributed by atoms with Crippen LogP contribution in [0, 0.1) is 11.6 Å². The highest BCUT2D eigenvalue weighted by Crippen LogP contribution is 2.33. The standard InChI is InChI=1S/C16H11F2N3O2S/c17-11-4-3-10(7-12(11)18)21-8-9(6-14(21)22)16-19-15(20-23-16)13-2-1-5-24-13/h1-5,7,9H,6,8H2. The number of hydrogen-bond acceptors (Lipinski definition) is 5. The smallest absolute Gasteiger partial charge is 0.232 e. The van der Waals surface area contributed by atoms with E-state index in [-0.39, 0.29) is 24.8 Å². The number of benzene rings is 1. The fourth-order valence-corrected chi connectivity index (χ4v) is 3.33. The molecule has 1 amide bonds. The van der Waals surface area contributed by atoms with Crippen molar-refractivity contribution in [2.75, 3.05) is 11.4 Å². The van der Waals surface area contributed by atoms with Gasteiger partial charge in [-0.15, -0.1) is 11.3 Å². The van der Waals surface area contributed by atoms with Crippen LogP contribution in [0.4, 0.5) is 14.5 Å². The highest BCUT2D eigenvalue weighted by Gasteiger charge is 2.35. The molecule has 2 aromatic heterocycles. The zero-order valence-corrected chi connectivity index (χ0v) is 13.1. The molecular formula is C16H11F2N3O2S. The molecule has 1 atom stereocenters. The first kappa shape index (κ1) is 14.9. The van der Waals surface area contributed by atoms with Gasteiger partial charge in [0, 0.05) is 24.7 Å². The first-order valence-electron chi connectivity index (χ1n) is 7.24. The maximum atomic E-state index is 13.4. The van der Waals surface area contributed by atoms with E-state index in [9.17, 15) is 13.6 Å². The predicted octanol–water partition coefficient (Wildman–Crippen LogP) is 3.60. The van der Waals surface area contributed by atoms with E-state index in [1.807, 2.05) is 17.5 Å². The molecule has 0 spiro atoms. The summed E-state index contributed by atoms with van der Waals surface area (Å²) in [4.78, 5) is 18.8. The number of anilines is 1. The molecule has 5 nitrogen and oxygen atoms in total. The number of rotatable bonds is 3. The Balaban J connectivity index is 1.56. The van der Waals surface area contributed by atoms with Gasteiger partial charge in [-0.05, 0) is 23.6 Å². The van der Waals surface area contributed by atoms with Crippen molar-refractivity contribution in [1.82, 2.24) is 10.1 Å². The largest absolute Gasteiger partial charge is 0.339 e. The second-order valence-electron chi connectivity index (χ2n) is 5.44. The van der Waals surface area contributed by atoms with Crippen molar-refractivity contribution < 1.29 is 18.1 Å². The minimum absolute atomic E-state index is 0.186. The van der Waals surface area contributed by atoms with Crippen molar-refractivity contribution in [3.05, 3.63) is 53.2 Å². The molecule has 1 aliphatic rings. The Hall–Kier alpha value is -2.61. The molecule has 1 aliphatic heterocycles. The molecule has 1 saturated heterocycles. The molecule has 1 aromatic carbocycles. The highest BCUT2D eigenvalue weighted by molar-refractivity contribution is 7.13. The lowest BCUT2D eigenvalue weighted by atomic mass is 10.1. The number of amides is 1. The van der Waals surface area contributed by atoms with Crippen LogP contribution < -0.4 is 4.90 Å². The van der Waals surface area contributed by atoms with Gasteiger partial charge in [0.15, 0.2) is 11.6 Å². The average molecular weight is 347 g/mol. The lowest BCUT2D eigenvalue weighted by molar-refractivity contribution is -0.117. The molecule has 3 heterocycles. The van der Waals surface area contributed by atoms with Crippen molar-refractivity contribution in [1.29, 1.82) is 0 Å². The van der Waals surface area contributed by atoms with E-state index in [2.05, 4.69) is 10.1 Å². The van der Waals surface area contributed by atoms with Crippen molar-refractivity contribution in [3.8, 4) is 10.7 Å². The summed E-state index contributed by atoms with van der Waals surface area (Å²) < 4.78 is 31.7. The van der Waals surface area contributed by atoms with Crippen molar-refractivity contribution in [2.24, 2.45) is 0 Å². The lowest BCUT2D eigenvalue weighted by Crippen LogP contribution is -2.24. The Morgan fingerprint density at radius 1 is 1.25 bits per heavy atom. The predicted molar refractivity (Wildman–Crippen MR) is 83.7 cm³/mol. The minimum Gasteiger partial charge on any atom is -0.339 e. The van der Waals surface area contributed by atoms with Gasteiger partial charge in [0.1, 0.15) is 0 Å². The third kappa shape index (κ3) is 2.58. The monoisotopic (exact) mass is 347 g/mol. The normalized spacial score (nSPS) is 17.7. The van der Waals surface area contributed by atoms with Crippen LogP contribution in [0.3, 0.4) is 0 Å². The number of carbonyl (C=O) groups excluding carboxylic acids is 1. The second-order valence-corrected chi connectivity index (χ2v) is 6.39. The summed E-state index contributed by atoms with van der Waals surface area (Å²) in [6, 6.07) is 7.17. The van der Waals surface area contributed by atoms with E-state index in [1.54, 1.807) is 0 Å². The van der Waals surface area contributed by atoms with E-state index in [0.29, 0.717) is 17.4 Å². The van der Waals surface area contributed by atoms with E-state index in [4.69, 9.17) is 4.52 Å². The lowest BCUT2D eigenvalue weighted by Gasteiger charge is -2.16. The summed E-state index contributed by atoms with van der Waals surface area (Å²) in [6.07, 6.45) is 0.186. The van der Waals surface area contributed by atoms with Gasteiger partial charge in [0.2, 0.25) is 17.6 Å². The summed E-state index contributed by atoms with van der Waals surface area (Å²) in [7, 11) is 0. The van der Waals surface area contributed by atoms with Gasteiger partial charge in [-0.3, -0.25) is 4.79 Å². The van der Waals surface area contributed by atoms with Gasteiger partial charge in [0.25, 0.3) is 0 Å². The molecule has 0 saturated carbocycles. The SMILES string of the molecule is O=C1CC(c2nc(-c3cccs3)no2)CN1c1ccc(F)c(F)c1. The summed E-state index contributed by atoms with van der Waals surface area (Å²) in [5.41, 5.74) is 0.319. The quantitative estimate of drug-likeness (QED) is 0.726. The van der Waals surface area contributed by atoms with Gasteiger partial charge < -0.3 is 9.42 Å². The van der Waals surface area contributed by atoms with Crippen molar-refractivity contribution in [2.45, 2.75) is 12.3 Å².